The first-order valence-corrected chi connectivity index (χ1v) is 8.10. The van der Waals surface area contributed by atoms with Crippen molar-refractivity contribution in [3.05, 3.63) is 35.0 Å². The Hall–Kier alpha value is -2.36. The molecule has 2 heterocycles. The molecule has 0 aliphatic carbocycles. The van der Waals surface area contributed by atoms with E-state index in [2.05, 4.69) is 16.0 Å². The second kappa shape index (κ2) is 6.63. The van der Waals surface area contributed by atoms with Crippen LogP contribution in [0.2, 0.25) is 5.02 Å². The zero-order valence-electron chi connectivity index (χ0n) is 13.2. The van der Waals surface area contributed by atoms with E-state index in [0.29, 0.717) is 42.3 Å². The number of halogens is 1. The van der Waals surface area contributed by atoms with Crippen molar-refractivity contribution >= 4 is 34.1 Å². The van der Waals surface area contributed by atoms with E-state index in [9.17, 15) is 15.2 Å². The van der Waals surface area contributed by atoms with Gasteiger partial charge in [0.1, 0.15) is 12.2 Å². The van der Waals surface area contributed by atoms with E-state index >= 15 is 0 Å². The number of nitrogens with zero attached hydrogens (tertiary/aromatic N) is 4. The van der Waals surface area contributed by atoms with Crippen molar-refractivity contribution in [2.75, 3.05) is 31.1 Å². The van der Waals surface area contributed by atoms with Crippen molar-refractivity contribution in [3.63, 3.8) is 0 Å². The highest BCUT2D eigenvalue weighted by Crippen LogP contribution is 2.33. The van der Waals surface area contributed by atoms with Crippen molar-refractivity contribution < 1.29 is 9.90 Å². The van der Waals surface area contributed by atoms with Gasteiger partial charge in [0.05, 0.1) is 21.8 Å². The summed E-state index contributed by atoms with van der Waals surface area (Å²) in [4.78, 5) is 19.9. The number of anilines is 1. The Labute approximate surface area is 144 Å². The summed E-state index contributed by atoms with van der Waals surface area (Å²) in [7, 11) is 0. The molecule has 24 heavy (non-hydrogen) atoms. The molecule has 2 aromatic rings. The van der Waals surface area contributed by atoms with Crippen LogP contribution in [-0.2, 0) is 4.79 Å². The summed E-state index contributed by atoms with van der Waals surface area (Å²) in [5, 5.41) is 20.3. The molecule has 1 saturated heterocycles. The van der Waals surface area contributed by atoms with E-state index in [-0.39, 0.29) is 5.91 Å². The number of carbonyl (C=O) groups excluding carboxylic acids is 1. The molecule has 6 nitrogen and oxygen atoms in total. The minimum absolute atomic E-state index is 0.266. The molecule has 1 aliphatic rings. The molecule has 1 atom stereocenters. The molecule has 1 fully saturated rings. The number of carbonyl (C=O) groups is 1. The van der Waals surface area contributed by atoms with E-state index in [1.54, 1.807) is 11.0 Å². The maximum Gasteiger partial charge on any atom is 0.251 e. The van der Waals surface area contributed by atoms with E-state index in [4.69, 9.17) is 11.6 Å². The molecular formula is C17H17ClN4O2. The second-order valence-corrected chi connectivity index (χ2v) is 6.16. The van der Waals surface area contributed by atoms with Crippen LogP contribution in [0.1, 0.15) is 12.5 Å². The molecular weight excluding hydrogens is 328 g/mol. The summed E-state index contributed by atoms with van der Waals surface area (Å²) >= 11 is 6.22. The number of amides is 1. The molecule has 1 aliphatic heterocycles. The number of hydrogen-bond donors (Lipinski definition) is 1. The van der Waals surface area contributed by atoms with Gasteiger partial charge in [-0.15, -0.1) is 0 Å². The smallest absolute Gasteiger partial charge is 0.251 e. The number of benzene rings is 1. The average Bonchev–Trinajstić information content (AvgIpc) is 2.60. The fraction of sp³-hybridized carbons (Fsp3) is 0.353. The maximum atomic E-state index is 11.9. The SMILES string of the molecule is CC(O)C(=O)N1CCN(c2c(C#N)cnc3c(Cl)cccc23)CC1. The number of rotatable bonds is 2. The molecule has 1 amide bonds. The predicted octanol–water partition coefficient (Wildman–Crippen LogP) is 1.79. The Kier molecular flexibility index (Phi) is 4.56. The lowest BCUT2D eigenvalue weighted by Crippen LogP contribution is -2.51. The number of pyridine rings is 1. The monoisotopic (exact) mass is 344 g/mol. The fourth-order valence-corrected chi connectivity index (χ4v) is 3.23. The molecule has 0 radical (unpaired) electrons. The number of para-hydroxylation sites is 1. The highest BCUT2D eigenvalue weighted by Gasteiger charge is 2.26. The molecule has 3 rings (SSSR count). The highest BCUT2D eigenvalue weighted by atomic mass is 35.5. The van der Waals surface area contributed by atoms with Crippen LogP contribution >= 0.6 is 11.6 Å². The minimum Gasteiger partial charge on any atom is -0.384 e. The van der Waals surface area contributed by atoms with Crippen LogP contribution in [0.5, 0.6) is 0 Å². The molecule has 1 unspecified atom stereocenters. The highest BCUT2D eigenvalue weighted by molar-refractivity contribution is 6.35. The van der Waals surface area contributed by atoms with Gasteiger partial charge >= 0.3 is 0 Å². The zero-order chi connectivity index (χ0) is 17.3. The summed E-state index contributed by atoms with van der Waals surface area (Å²) in [5.74, 6) is -0.266. The van der Waals surface area contributed by atoms with Crippen LogP contribution in [0.4, 0.5) is 5.69 Å². The van der Waals surface area contributed by atoms with Crippen LogP contribution in [0.3, 0.4) is 0 Å². The van der Waals surface area contributed by atoms with Gasteiger partial charge in [0.15, 0.2) is 0 Å². The van der Waals surface area contributed by atoms with Crippen molar-refractivity contribution in [1.82, 2.24) is 9.88 Å². The molecule has 0 bridgehead atoms. The molecule has 1 aromatic heterocycles. The van der Waals surface area contributed by atoms with Crippen molar-refractivity contribution in [1.29, 1.82) is 5.26 Å². The predicted molar refractivity (Wildman–Crippen MR) is 91.9 cm³/mol. The van der Waals surface area contributed by atoms with Gasteiger partial charge < -0.3 is 14.9 Å². The van der Waals surface area contributed by atoms with Gasteiger partial charge in [0.25, 0.3) is 5.91 Å². The number of aliphatic hydroxyl groups is 1. The number of aliphatic hydroxyl groups excluding tert-OH is 1. The molecule has 124 valence electrons. The Morgan fingerprint density at radius 1 is 1.38 bits per heavy atom. The number of fused-ring (bicyclic) bond motifs is 1. The Morgan fingerprint density at radius 2 is 2.08 bits per heavy atom. The number of piperazine rings is 1. The Balaban J connectivity index is 1.95. The van der Waals surface area contributed by atoms with Crippen LogP contribution < -0.4 is 4.90 Å². The van der Waals surface area contributed by atoms with E-state index in [0.717, 1.165) is 11.1 Å². The number of hydrogen-bond acceptors (Lipinski definition) is 5. The summed E-state index contributed by atoms with van der Waals surface area (Å²) in [5.41, 5.74) is 1.95. The summed E-state index contributed by atoms with van der Waals surface area (Å²) < 4.78 is 0. The van der Waals surface area contributed by atoms with Gasteiger partial charge in [-0.05, 0) is 13.0 Å². The van der Waals surface area contributed by atoms with Gasteiger partial charge in [-0.25, -0.2) is 0 Å². The number of aromatic nitrogens is 1. The summed E-state index contributed by atoms with van der Waals surface area (Å²) in [6.45, 7) is 3.64. The normalized spacial score (nSPS) is 16.1. The first-order valence-electron chi connectivity index (χ1n) is 7.72. The van der Waals surface area contributed by atoms with Crippen LogP contribution in [0.25, 0.3) is 10.9 Å². The van der Waals surface area contributed by atoms with Gasteiger partial charge in [0, 0.05) is 37.8 Å². The third-order valence-corrected chi connectivity index (χ3v) is 4.51. The lowest BCUT2D eigenvalue weighted by atomic mass is 10.1. The minimum atomic E-state index is -0.994. The largest absolute Gasteiger partial charge is 0.384 e. The van der Waals surface area contributed by atoms with Gasteiger partial charge in [0.2, 0.25) is 0 Å². The van der Waals surface area contributed by atoms with Crippen LogP contribution in [0.15, 0.2) is 24.4 Å². The molecule has 0 saturated carbocycles. The Bertz CT molecular complexity index is 823. The fourth-order valence-electron chi connectivity index (χ4n) is 3.01. The van der Waals surface area contributed by atoms with Crippen molar-refractivity contribution in [3.8, 4) is 6.07 Å². The lowest BCUT2D eigenvalue weighted by Gasteiger charge is -2.37. The first-order chi connectivity index (χ1) is 11.5. The van der Waals surface area contributed by atoms with Crippen LogP contribution in [-0.4, -0.2) is 53.2 Å². The van der Waals surface area contributed by atoms with Gasteiger partial charge in [-0.1, -0.05) is 23.7 Å². The van der Waals surface area contributed by atoms with Crippen molar-refractivity contribution in [2.24, 2.45) is 0 Å². The first kappa shape index (κ1) is 16.5. The zero-order valence-corrected chi connectivity index (χ0v) is 14.0. The maximum absolute atomic E-state index is 11.9. The number of nitriles is 1. The third kappa shape index (κ3) is 2.88. The van der Waals surface area contributed by atoms with Crippen LogP contribution in [0, 0.1) is 11.3 Å². The third-order valence-electron chi connectivity index (χ3n) is 4.21. The van der Waals surface area contributed by atoms with E-state index in [1.807, 2.05) is 12.1 Å². The van der Waals surface area contributed by atoms with Gasteiger partial charge in [-0.2, -0.15) is 5.26 Å². The summed E-state index contributed by atoms with van der Waals surface area (Å²) in [6, 6.07) is 7.70. The molecule has 0 spiro atoms. The molecule has 1 aromatic carbocycles. The quantitative estimate of drug-likeness (QED) is 0.898. The Morgan fingerprint density at radius 3 is 2.71 bits per heavy atom. The average molecular weight is 345 g/mol. The summed E-state index contributed by atoms with van der Waals surface area (Å²) in [6.07, 6.45) is 0.545. The lowest BCUT2D eigenvalue weighted by molar-refractivity contribution is -0.139. The standard InChI is InChI=1S/C17H17ClN4O2/c1-11(23)17(24)22-7-5-21(6-8-22)16-12(9-19)10-20-15-13(16)3-2-4-14(15)18/h2-4,10-11,23H,5-8H2,1H3. The van der Waals surface area contributed by atoms with Gasteiger partial charge in [-0.3, -0.25) is 9.78 Å². The topological polar surface area (TPSA) is 80.5 Å². The van der Waals surface area contributed by atoms with E-state index < -0.39 is 6.10 Å². The van der Waals surface area contributed by atoms with Crippen molar-refractivity contribution in [2.45, 2.75) is 13.0 Å². The molecule has 7 heteroatoms. The van der Waals surface area contributed by atoms with E-state index in [1.165, 1.54) is 13.1 Å². The second-order valence-electron chi connectivity index (χ2n) is 5.76. The molecule has 1 N–H and O–H groups in total.